The van der Waals surface area contributed by atoms with Crippen LogP contribution < -0.4 is 11.2 Å². The van der Waals surface area contributed by atoms with Crippen molar-refractivity contribution in [2.75, 3.05) is 0 Å². The summed E-state index contributed by atoms with van der Waals surface area (Å²) in [5, 5.41) is 9.93. The monoisotopic (exact) mass is 261 g/mol. The van der Waals surface area contributed by atoms with Gasteiger partial charge in [0.05, 0.1) is 5.70 Å². The van der Waals surface area contributed by atoms with E-state index >= 15 is 0 Å². The maximum absolute atomic E-state index is 12.0. The molecule has 1 aliphatic rings. The quantitative estimate of drug-likeness (QED) is 0.802. The lowest BCUT2D eigenvalue weighted by Crippen LogP contribution is -2.38. The number of hydrogen-bond donors (Lipinski definition) is 1. The Bertz CT molecular complexity index is 761. The van der Waals surface area contributed by atoms with E-state index in [2.05, 4.69) is 4.99 Å². The minimum Gasteiger partial charge on any atom is -0.494 e. The molecule has 0 atom stereocenters. The number of aromatic hydroxyl groups is 1. The first-order valence-corrected chi connectivity index (χ1v) is 5.77. The van der Waals surface area contributed by atoms with Crippen molar-refractivity contribution in [1.82, 2.24) is 9.13 Å². The predicted molar refractivity (Wildman–Crippen MR) is 73.4 cm³/mol. The molecule has 1 aromatic heterocycles. The van der Waals surface area contributed by atoms with E-state index in [1.54, 1.807) is 0 Å². The SMILES string of the molecule is CC1=CC(C)=N/C1=C\c1c(O)n(C)c(=O)n(C)c1=O. The minimum absolute atomic E-state index is 0.0609. The van der Waals surface area contributed by atoms with E-state index < -0.39 is 11.2 Å². The first-order valence-electron chi connectivity index (χ1n) is 5.77. The van der Waals surface area contributed by atoms with Crippen molar-refractivity contribution in [2.24, 2.45) is 19.1 Å². The van der Waals surface area contributed by atoms with E-state index in [4.69, 9.17) is 0 Å². The molecule has 2 rings (SSSR count). The van der Waals surface area contributed by atoms with Crippen molar-refractivity contribution in [2.45, 2.75) is 13.8 Å². The molecule has 1 N–H and O–H groups in total. The molecule has 0 aliphatic carbocycles. The number of aromatic nitrogens is 2. The van der Waals surface area contributed by atoms with Crippen LogP contribution in [0.5, 0.6) is 5.88 Å². The highest BCUT2D eigenvalue weighted by molar-refractivity contribution is 5.98. The van der Waals surface area contributed by atoms with Gasteiger partial charge in [-0.05, 0) is 31.6 Å². The average molecular weight is 261 g/mol. The van der Waals surface area contributed by atoms with Crippen LogP contribution >= 0.6 is 0 Å². The van der Waals surface area contributed by atoms with Gasteiger partial charge < -0.3 is 5.11 Å². The fourth-order valence-electron chi connectivity index (χ4n) is 1.97. The third-order valence-corrected chi connectivity index (χ3v) is 3.07. The molecule has 0 unspecified atom stereocenters. The van der Waals surface area contributed by atoms with E-state index in [-0.39, 0.29) is 11.4 Å². The maximum Gasteiger partial charge on any atom is 0.333 e. The first kappa shape index (κ1) is 13.1. The second-order valence-electron chi connectivity index (χ2n) is 4.55. The van der Waals surface area contributed by atoms with Crippen LogP contribution in [0.25, 0.3) is 6.08 Å². The van der Waals surface area contributed by atoms with E-state index in [9.17, 15) is 14.7 Å². The molecule has 0 bridgehead atoms. The number of allylic oxidation sites excluding steroid dienone is 2. The fraction of sp³-hybridized carbons (Fsp3) is 0.308. The predicted octanol–water partition coefficient (Wildman–Crippen LogP) is 0.551. The van der Waals surface area contributed by atoms with Crippen LogP contribution in [0.15, 0.2) is 31.9 Å². The van der Waals surface area contributed by atoms with Gasteiger partial charge >= 0.3 is 5.69 Å². The highest BCUT2D eigenvalue weighted by atomic mass is 16.3. The number of aliphatic imine (C=N–C) groups is 1. The summed E-state index contributed by atoms with van der Waals surface area (Å²) in [6, 6.07) is 0. The highest BCUT2D eigenvalue weighted by Gasteiger charge is 2.15. The summed E-state index contributed by atoms with van der Waals surface area (Å²) in [6.07, 6.45) is 3.38. The number of rotatable bonds is 1. The molecule has 0 fully saturated rings. The molecule has 6 heteroatoms. The zero-order chi connectivity index (χ0) is 14.3. The Balaban J connectivity index is 2.74. The van der Waals surface area contributed by atoms with Crippen molar-refractivity contribution in [3.63, 3.8) is 0 Å². The highest BCUT2D eigenvalue weighted by Crippen LogP contribution is 2.22. The van der Waals surface area contributed by atoms with Gasteiger partial charge in [-0.15, -0.1) is 0 Å². The molecular weight excluding hydrogens is 246 g/mol. The van der Waals surface area contributed by atoms with Gasteiger partial charge in [0.15, 0.2) is 0 Å². The van der Waals surface area contributed by atoms with Crippen LogP contribution in [0, 0.1) is 0 Å². The average Bonchev–Trinajstić information content (AvgIpc) is 2.68. The van der Waals surface area contributed by atoms with Crippen molar-refractivity contribution < 1.29 is 5.11 Å². The molecule has 0 saturated carbocycles. The number of nitrogens with zero attached hydrogens (tertiary/aromatic N) is 3. The van der Waals surface area contributed by atoms with Crippen molar-refractivity contribution in [3.8, 4) is 5.88 Å². The lowest BCUT2D eigenvalue weighted by atomic mass is 10.1. The van der Waals surface area contributed by atoms with Gasteiger partial charge in [0.2, 0.25) is 5.88 Å². The summed E-state index contributed by atoms with van der Waals surface area (Å²) in [7, 11) is 2.78. The Morgan fingerprint density at radius 2 is 1.84 bits per heavy atom. The third-order valence-electron chi connectivity index (χ3n) is 3.07. The molecule has 0 saturated heterocycles. The van der Waals surface area contributed by atoms with E-state index in [1.807, 2.05) is 19.9 Å². The minimum atomic E-state index is -0.567. The van der Waals surface area contributed by atoms with Gasteiger partial charge in [0.1, 0.15) is 5.56 Å². The van der Waals surface area contributed by atoms with Crippen molar-refractivity contribution >= 4 is 11.8 Å². The van der Waals surface area contributed by atoms with E-state index in [1.165, 1.54) is 20.2 Å². The van der Waals surface area contributed by atoms with Crippen LogP contribution in [0.1, 0.15) is 19.4 Å². The van der Waals surface area contributed by atoms with Crippen LogP contribution in [0.2, 0.25) is 0 Å². The van der Waals surface area contributed by atoms with Crippen molar-refractivity contribution in [1.29, 1.82) is 0 Å². The molecule has 19 heavy (non-hydrogen) atoms. The zero-order valence-electron chi connectivity index (χ0n) is 11.3. The Morgan fingerprint density at radius 3 is 2.37 bits per heavy atom. The molecule has 2 heterocycles. The van der Waals surface area contributed by atoms with Crippen LogP contribution in [0.4, 0.5) is 0 Å². The molecule has 6 nitrogen and oxygen atoms in total. The Kier molecular flexibility index (Phi) is 3.01. The smallest absolute Gasteiger partial charge is 0.333 e. The second-order valence-corrected chi connectivity index (χ2v) is 4.55. The number of hydrogen-bond acceptors (Lipinski definition) is 4. The van der Waals surface area contributed by atoms with Gasteiger partial charge in [-0.3, -0.25) is 18.9 Å². The first-order chi connectivity index (χ1) is 8.82. The fourth-order valence-corrected chi connectivity index (χ4v) is 1.97. The maximum atomic E-state index is 12.0. The van der Waals surface area contributed by atoms with Gasteiger partial charge in [-0.2, -0.15) is 0 Å². The molecule has 1 aromatic rings. The lowest BCUT2D eigenvalue weighted by molar-refractivity contribution is 0.410. The molecule has 100 valence electrons. The normalized spacial score (nSPS) is 16.7. The summed E-state index contributed by atoms with van der Waals surface area (Å²) in [6.45, 7) is 3.72. The molecule has 0 aromatic carbocycles. The summed E-state index contributed by atoms with van der Waals surface area (Å²) < 4.78 is 1.98. The Morgan fingerprint density at radius 1 is 1.21 bits per heavy atom. The largest absolute Gasteiger partial charge is 0.494 e. The molecule has 0 amide bonds. The zero-order valence-corrected chi connectivity index (χ0v) is 11.3. The van der Waals surface area contributed by atoms with E-state index in [0.29, 0.717) is 5.70 Å². The van der Waals surface area contributed by atoms with Gasteiger partial charge in [-0.1, -0.05) is 0 Å². The topological polar surface area (TPSA) is 76.6 Å². The summed E-state index contributed by atoms with van der Waals surface area (Å²) in [4.78, 5) is 27.9. The summed E-state index contributed by atoms with van der Waals surface area (Å²) in [5.41, 5.74) is 1.32. The van der Waals surface area contributed by atoms with Gasteiger partial charge in [0, 0.05) is 19.8 Å². The summed E-state index contributed by atoms with van der Waals surface area (Å²) in [5.74, 6) is -0.354. The van der Waals surface area contributed by atoms with E-state index in [0.717, 1.165) is 20.4 Å². The molecule has 0 spiro atoms. The van der Waals surface area contributed by atoms with Gasteiger partial charge in [0.25, 0.3) is 5.56 Å². The Hall–Kier alpha value is -2.37. The van der Waals surface area contributed by atoms with Crippen LogP contribution in [-0.4, -0.2) is 20.0 Å². The third kappa shape index (κ3) is 2.05. The standard InChI is InChI=1S/C13H15N3O3/c1-7-5-8(2)14-10(7)6-9-11(17)15(3)13(19)16(4)12(9)18/h5-6,17H,1-4H3/b10-6-. The second kappa shape index (κ2) is 4.38. The van der Waals surface area contributed by atoms with Gasteiger partial charge in [-0.25, -0.2) is 4.79 Å². The van der Waals surface area contributed by atoms with Crippen molar-refractivity contribution in [3.05, 3.63) is 43.7 Å². The van der Waals surface area contributed by atoms with Crippen LogP contribution in [-0.2, 0) is 14.1 Å². The van der Waals surface area contributed by atoms with Crippen LogP contribution in [0.3, 0.4) is 0 Å². The summed E-state index contributed by atoms with van der Waals surface area (Å²) >= 11 is 0. The lowest BCUT2D eigenvalue weighted by Gasteiger charge is -2.08. The Labute approximate surface area is 109 Å². The molecular formula is C13H15N3O3. The molecule has 1 aliphatic heterocycles. The molecule has 0 radical (unpaired) electrons.